The first-order chi connectivity index (χ1) is 10.7. The molecule has 2 aliphatic rings. The molecule has 0 radical (unpaired) electrons. The summed E-state index contributed by atoms with van der Waals surface area (Å²) in [6.07, 6.45) is 3.95. The zero-order valence-electron chi connectivity index (χ0n) is 12.7. The molecule has 1 aromatic rings. The summed E-state index contributed by atoms with van der Waals surface area (Å²) in [7, 11) is 0. The minimum Gasteiger partial charge on any atom is -0.366 e. The van der Waals surface area contributed by atoms with Crippen LogP contribution in [0.4, 0.5) is 4.39 Å². The Labute approximate surface area is 130 Å². The van der Waals surface area contributed by atoms with Gasteiger partial charge in [0.1, 0.15) is 11.9 Å². The number of hydrogen-bond donors (Lipinski definition) is 2. The standard InChI is InChI=1S/C17H23FN2O2/c18-14-5-3-13(4-6-14)17(7-1-2-8-17)12-20-16(21)15-11-19-9-10-22-15/h3-6,15,19H,1-2,7-12H2,(H,20,21). The molecule has 2 fully saturated rings. The molecular formula is C17H23FN2O2. The van der Waals surface area contributed by atoms with Gasteiger partial charge in [0.25, 0.3) is 0 Å². The van der Waals surface area contributed by atoms with Crippen molar-refractivity contribution in [1.82, 2.24) is 10.6 Å². The lowest BCUT2D eigenvalue weighted by Crippen LogP contribution is -2.50. The van der Waals surface area contributed by atoms with Gasteiger partial charge in [-0.05, 0) is 30.5 Å². The predicted octanol–water partition coefficient (Wildman–Crippen LogP) is 1.74. The molecule has 5 heteroatoms. The molecule has 1 unspecified atom stereocenters. The minimum atomic E-state index is -0.402. The summed E-state index contributed by atoms with van der Waals surface area (Å²) in [6, 6.07) is 6.72. The van der Waals surface area contributed by atoms with Gasteiger partial charge in [0.15, 0.2) is 0 Å². The van der Waals surface area contributed by atoms with Gasteiger partial charge in [-0.15, -0.1) is 0 Å². The third kappa shape index (κ3) is 3.31. The van der Waals surface area contributed by atoms with Crippen LogP contribution in [0, 0.1) is 5.82 Å². The van der Waals surface area contributed by atoms with Gasteiger partial charge in [0.05, 0.1) is 6.61 Å². The second kappa shape index (κ2) is 6.75. The molecule has 0 aromatic heterocycles. The Morgan fingerprint density at radius 1 is 1.32 bits per heavy atom. The van der Waals surface area contributed by atoms with Crippen molar-refractivity contribution in [2.45, 2.75) is 37.2 Å². The minimum absolute atomic E-state index is 0.0550. The number of carbonyl (C=O) groups is 1. The van der Waals surface area contributed by atoms with Gasteiger partial charge in [-0.1, -0.05) is 25.0 Å². The molecule has 1 amide bonds. The van der Waals surface area contributed by atoms with Gasteiger partial charge in [0.2, 0.25) is 5.91 Å². The molecule has 1 saturated carbocycles. The normalized spacial score (nSPS) is 24.1. The van der Waals surface area contributed by atoms with E-state index in [1.807, 2.05) is 12.1 Å². The predicted molar refractivity (Wildman–Crippen MR) is 82.2 cm³/mol. The summed E-state index contributed by atoms with van der Waals surface area (Å²) < 4.78 is 18.6. The van der Waals surface area contributed by atoms with Crippen LogP contribution in [0.3, 0.4) is 0 Å². The number of hydrogen-bond acceptors (Lipinski definition) is 3. The largest absolute Gasteiger partial charge is 0.366 e. The van der Waals surface area contributed by atoms with E-state index in [2.05, 4.69) is 10.6 Å². The molecule has 4 nitrogen and oxygen atoms in total. The fourth-order valence-corrected chi connectivity index (χ4v) is 3.53. The van der Waals surface area contributed by atoms with Crippen molar-refractivity contribution < 1.29 is 13.9 Å². The van der Waals surface area contributed by atoms with E-state index in [9.17, 15) is 9.18 Å². The van der Waals surface area contributed by atoms with E-state index in [0.29, 0.717) is 19.7 Å². The maximum absolute atomic E-state index is 13.2. The Morgan fingerprint density at radius 2 is 2.05 bits per heavy atom. The van der Waals surface area contributed by atoms with Gasteiger partial charge in [-0.3, -0.25) is 4.79 Å². The van der Waals surface area contributed by atoms with Crippen LogP contribution in [0.5, 0.6) is 0 Å². The van der Waals surface area contributed by atoms with Crippen LogP contribution >= 0.6 is 0 Å². The molecule has 3 rings (SSSR count). The smallest absolute Gasteiger partial charge is 0.250 e. The fraction of sp³-hybridized carbons (Fsp3) is 0.588. The van der Waals surface area contributed by atoms with Crippen LogP contribution in [0.25, 0.3) is 0 Å². The SMILES string of the molecule is O=C(NCC1(c2ccc(F)cc2)CCCC1)C1CNCCO1. The van der Waals surface area contributed by atoms with E-state index in [0.717, 1.165) is 37.8 Å². The zero-order chi connectivity index (χ0) is 15.4. The van der Waals surface area contributed by atoms with E-state index >= 15 is 0 Å². The average Bonchev–Trinajstić information content (AvgIpc) is 3.04. The number of benzene rings is 1. The summed E-state index contributed by atoms with van der Waals surface area (Å²) in [4.78, 5) is 12.2. The molecule has 1 aromatic carbocycles. The van der Waals surface area contributed by atoms with Crippen molar-refractivity contribution in [2.24, 2.45) is 0 Å². The second-order valence-corrected chi connectivity index (χ2v) is 6.28. The topological polar surface area (TPSA) is 50.4 Å². The maximum Gasteiger partial charge on any atom is 0.250 e. The van der Waals surface area contributed by atoms with Crippen LogP contribution < -0.4 is 10.6 Å². The summed E-state index contributed by atoms with van der Waals surface area (Å²) in [5.74, 6) is -0.275. The van der Waals surface area contributed by atoms with Crippen molar-refractivity contribution in [3.05, 3.63) is 35.6 Å². The molecule has 1 aliphatic heterocycles. The molecular weight excluding hydrogens is 283 g/mol. The number of carbonyl (C=O) groups excluding carboxylic acids is 1. The van der Waals surface area contributed by atoms with Crippen LogP contribution in [-0.4, -0.2) is 38.3 Å². The number of ether oxygens (including phenoxy) is 1. The Balaban J connectivity index is 1.66. The highest BCUT2D eigenvalue weighted by atomic mass is 19.1. The summed E-state index contributed by atoms with van der Waals surface area (Å²) in [5, 5.41) is 6.21. The molecule has 0 spiro atoms. The number of nitrogens with one attached hydrogen (secondary N) is 2. The summed E-state index contributed by atoms with van der Waals surface area (Å²) in [5.41, 5.74) is 1.06. The lowest BCUT2D eigenvalue weighted by Gasteiger charge is -2.31. The highest BCUT2D eigenvalue weighted by Crippen LogP contribution is 2.40. The molecule has 1 atom stereocenters. The van der Waals surface area contributed by atoms with E-state index in [4.69, 9.17) is 4.74 Å². The molecule has 0 bridgehead atoms. The van der Waals surface area contributed by atoms with E-state index in [1.165, 1.54) is 12.1 Å². The van der Waals surface area contributed by atoms with E-state index in [1.54, 1.807) is 0 Å². The zero-order valence-corrected chi connectivity index (χ0v) is 12.7. The van der Waals surface area contributed by atoms with Crippen molar-refractivity contribution in [1.29, 1.82) is 0 Å². The Bertz CT molecular complexity index is 506. The van der Waals surface area contributed by atoms with Crippen LogP contribution in [-0.2, 0) is 14.9 Å². The fourth-order valence-electron chi connectivity index (χ4n) is 3.53. The van der Waals surface area contributed by atoms with Crippen molar-refractivity contribution in [2.75, 3.05) is 26.2 Å². The van der Waals surface area contributed by atoms with Gasteiger partial charge in [-0.25, -0.2) is 4.39 Å². The average molecular weight is 306 g/mol. The number of halogens is 1. The van der Waals surface area contributed by atoms with E-state index in [-0.39, 0.29) is 17.1 Å². The first-order valence-electron chi connectivity index (χ1n) is 8.06. The first-order valence-corrected chi connectivity index (χ1v) is 8.06. The Kier molecular flexibility index (Phi) is 4.74. The number of morpholine rings is 1. The van der Waals surface area contributed by atoms with Crippen molar-refractivity contribution >= 4 is 5.91 Å². The molecule has 1 heterocycles. The molecule has 1 aliphatic carbocycles. The van der Waals surface area contributed by atoms with E-state index < -0.39 is 6.10 Å². The molecule has 120 valence electrons. The highest BCUT2D eigenvalue weighted by molar-refractivity contribution is 5.81. The van der Waals surface area contributed by atoms with Gasteiger partial charge in [-0.2, -0.15) is 0 Å². The lowest BCUT2D eigenvalue weighted by atomic mass is 9.78. The third-order valence-corrected chi connectivity index (χ3v) is 4.84. The Hall–Kier alpha value is -1.46. The lowest BCUT2D eigenvalue weighted by molar-refractivity contribution is -0.134. The monoisotopic (exact) mass is 306 g/mol. The van der Waals surface area contributed by atoms with Crippen LogP contribution in [0.15, 0.2) is 24.3 Å². The quantitative estimate of drug-likeness (QED) is 0.891. The highest BCUT2D eigenvalue weighted by Gasteiger charge is 2.36. The first kappa shape index (κ1) is 15.4. The Morgan fingerprint density at radius 3 is 2.68 bits per heavy atom. The summed E-state index contributed by atoms with van der Waals surface area (Å²) in [6.45, 7) is 2.52. The van der Waals surface area contributed by atoms with Gasteiger partial charge >= 0.3 is 0 Å². The molecule has 2 N–H and O–H groups in total. The van der Waals surface area contributed by atoms with Crippen molar-refractivity contribution in [3.8, 4) is 0 Å². The number of rotatable bonds is 4. The van der Waals surface area contributed by atoms with Crippen LogP contribution in [0.2, 0.25) is 0 Å². The number of amides is 1. The van der Waals surface area contributed by atoms with Gasteiger partial charge < -0.3 is 15.4 Å². The van der Waals surface area contributed by atoms with Gasteiger partial charge in [0, 0.05) is 25.0 Å². The van der Waals surface area contributed by atoms with Crippen LogP contribution in [0.1, 0.15) is 31.2 Å². The molecule has 22 heavy (non-hydrogen) atoms. The van der Waals surface area contributed by atoms with Crippen molar-refractivity contribution in [3.63, 3.8) is 0 Å². The molecule has 1 saturated heterocycles. The second-order valence-electron chi connectivity index (χ2n) is 6.28. The summed E-state index contributed by atoms with van der Waals surface area (Å²) >= 11 is 0. The maximum atomic E-state index is 13.2. The third-order valence-electron chi connectivity index (χ3n) is 4.84.